The Morgan fingerprint density at radius 3 is 2.58 bits per heavy atom. The van der Waals surface area contributed by atoms with E-state index in [9.17, 15) is 9.59 Å². The zero-order valence-electron chi connectivity index (χ0n) is 13.5. The van der Waals surface area contributed by atoms with E-state index >= 15 is 0 Å². The van der Waals surface area contributed by atoms with Gasteiger partial charge in [-0.05, 0) is 42.5 Å². The van der Waals surface area contributed by atoms with Crippen molar-refractivity contribution in [3.05, 3.63) is 89.5 Å². The highest BCUT2D eigenvalue weighted by atomic mass is 16.2. The van der Waals surface area contributed by atoms with Crippen molar-refractivity contribution < 1.29 is 4.79 Å². The normalized spacial score (nSPS) is 10.6. The van der Waals surface area contributed by atoms with Crippen molar-refractivity contribution in [2.45, 2.75) is 0 Å². The molecule has 0 spiro atoms. The van der Waals surface area contributed by atoms with E-state index in [2.05, 4.69) is 20.4 Å². The van der Waals surface area contributed by atoms with E-state index in [4.69, 9.17) is 0 Å². The average Bonchev–Trinajstić information content (AvgIpc) is 3.34. The van der Waals surface area contributed by atoms with Gasteiger partial charge in [0.05, 0.1) is 5.69 Å². The quantitative estimate of drug-likeness (QED) is 0.590. The monoisotopic (exact) mass is 346 g/mol. The van der Waals surface area contributed by atoms with Crippen LogP contribution >= 0.6 is 0 Å². The number of aromatic nitrogens is 5. The summed E-state index contributed by atoms with van der Waals surface area (Å²) in [7, 11) is 0. The van der Waals surface area contributed by atoms with E-state index in [-0.39, 0.29) is 17.3 Å². The fourth-order valence-electron chi connectivity index (χ4n) is 2.51. The summed E-state index contributed by atoms with van der Waals surface area (Å²) in [4.78, 5) is 31.0. The molecule has 26 heavy (non-hydrogen) atoms. The van der Waals surface area contributed by atoms with Crippen molar-refractivity contribution in [2.75, 3.05) is 5.32 Å². The Bertz CT molecular complexity index is 1090. The van der Waals surface area contributed by atoms with Crippen LogP contribution in [0.5, 0.6) is 0 Å². The number of hydrogen-bond donors (Lipinski definition) is 2. The van der Waals surface area contributed by atoms with Crippen molar-refractivity contribution >= 4 is 11.6 Å². The maximum atomic E-state index is 12.4. The highest BCUT2D eigenvalue weighted by Crippen LogP contribution is 2.13. The van der Waals surface area contributed by atoms with Crippen molar-refractivity contribution in [1.82, 2.24) is 24.3 Å². The van der Waals surface area contributed by atoms with Gasteiger partial charge < -0.3 is 10.3 Å². The van der Waals surface area contributed by atoms with Crippen LogP contribution in [0.25, 0.3) is 11.5 Å². The molecule has 0 unspecified atom stereocenters. The summed E-state index contributed by atoms with van der Waals surface area (Å²) in [6.45, 7) is 0. The molecule has 8 heteroatoms. The minimum atomic E-state index is -0.328. The summed E-state index contributed by atoms with van der Waals surface area (Å²) >= 11 is 0. The minimum absolute atomic E-state index is 0.221. The molecule has 0 atom stereocenters. The number of hydrogen-bond acceptors (Lipinski definition) is 4. The third kappa shape index (κ3) is 3.03. The molecule has 0 saturated carbocycles. The number of rotatable bonds is 4. The van der Waals surface area contributed by atoms with Crippen LogP contribution in [0.2, 0.25) is 0 Å². The van der Waals surface area contributed by atoms with Gasteiger partial charge in [0.1, 0.15) is 5.69 Å². The van der Waals surface area contributed by atoms with Crippen LogP contribution in [0.1, 0.15) is 10.5 Å². The van der Waals surface area contributed by atoms with E-state index in [1.165, 1.54) is 4.57 Å². The van der Waals surface area contributed by atoms with Crippen LogP contribution in [0.3, 0.4) is 0 Å². The van der Waals surface area contributed by atoms with Gasteiger partial charge in [0.25, 0.3) is 5.91 Å². The summed E-state index contributed by atoms with van der Waals surface area (Å²) in [5.41, 5.74) is 1.37. The summed E-state index contributed by atoms with van der Waals surface area (Å²) in [5, 5.41) is 6.90. The topological polar surface area (TPSA) is 97.6 Å². The van der Waals surface area contributed by atoms with Crippen LogP contribution in [-0.2, 0) is 0 Å². The highest BCUT2D eigenvalue weighted by molar-refractivity contribution is 6.03. The SMILES string of the molecule is O=C(Nc1ccc(-n2cc[nH]c2=O)cc1)c1cccc(-n2cccn2)n1. The lowest BCUT2D eigenvalue weighted by Crippen LogP contribution is -2.16. The number of pyridine rings is 1. The smallest absolute Gasteiger partial charge is 0.321 e. The number of anilines is 1. The molecule has 0 saturated heterocycles. The van der Waals surface area contributed by atoms with E-state index in [1.54, 1.807) is 78.0 Å². The Hall–Kier alpha value is -3.94. The molecular weight excluding hydrogens is 332 g/mol. The molecule has 4 aromatic rings. The number of benzene rings is 1. The predicted octanol–water partition coefficient (Wildman–Crippen LogP) is 2.00. The van der Waals surface area contributed by atoms with E-state index in [1.807, 2.05) is 0 Å². The molecule has 3 heterocycles. The molecule has 4 rings (SSSR count). The second-order valence-corrected chi connectivity index (χ2v) is 5.47. The lowest BCUT2D eigenvalue weighted by Gasteiger charge is -2.07. The molecule has 3 aromatic heterocycles. The standard InChI is InChI=1S/C18H14N6O2/c25-17(15-3-1-4-16(22-15)24-11-2-9-20-24)21-13-5-7-14(8-6-13)23-12-10-19-18(23)26/h1-12H,(H,19,26)(H,21,25). The van der Waals surface area contributed by atoms with Gasteiger partial charge in [0, 0.05) is 30.5 Å². The van der Waals surface area contributed by atoms with Crippen molar-refractivity contribution in [1.29, 1.82) is 0 Å². The van der Waals surface area contributed by atoms with Crippen molar-refractivity contribution in [2.24, 2.45) is 0 Å². The molecule has 0 aliphatic carbocycles. The van der Waals surface area contributed by atoms with Gasteiger partial charge in [-0.1, -0.05) is 6.07 Å². The number of aromatic amines is 1. The lowest BCUT2D eigenvalue weighted by atomic mass is 10.2. The van der Waals surface area contributed by atoms with Crippen LogP contribution in [0.15, 0.2) is 78.1 Å². The molecule has 128 valence electrons. The van der Waals surface area contributed by atoms with Gasteiger partial charge in [0.15, 0.2) is 5.82 Å². The van der Waals surface area contributed by atoms with Gasteiger partial charge >= 0.3 is 5.69 Å². The van der Waals surface area contributed by atoms with Crippen LogP contribution in [-0.4, -0.2) is 30.2 Å². The zero-order chi connectivity index (χ0) is 17.9. The molecule has 2 N–H and O–H groups in total. The Kier molecular flexibility index (Phi) is 3.91. The van der Waals surface area contributed by atoms with Crippen LogP contribution in [0.4, 0.5) is 5.69 Å². The van der Waals surface area contributed by atoms with Gasteiger partial charge in [-0.25, -0.2) is 14.5 Å². The minimum Gasteiger partial charge on any atom is -0.321 e. The number of imidazole rings is 1. The van der Waals surface area contributed by atoms with Crippen LogP contribution < -0.4 is 11.0 Å². The van der Waals surface area contributed by atoms with E-state index in [0.717, 1.165) is 0 Å². The van der Waals surface area contributed by atoms with Gasteiger partial charge in [0.2, 0.25) is 0 Å². The molecule has 0 aliphatic heterocycles. The summed E-state index contributed by atoms with van der Waals surface area (Å²) in [5.74, 6) is 0.232. The number of carbonyl (C=O) groups excluding carboxylic acids is 1. The van der Waals surface area contributed by atoms with E-state index in [0.29, 0.717) is 17.2 Å². The third-order valence-electron chi connectivity index (χ3n) is 3.76. The zero-order valence-corrected chi connectivity index (χ0v) is 13.5. The molecule has 1 amide bonds. The predicted molar refractivity (Wildman–Crippen MR) is 95.7 cm³/mol. The van der Waals surface area contributed by atoms with Gasteiger partial charge in [-0.3, -0.25) is 9.36 Å². The number of nitrogens with one attached hydrogen (secondary N) is 2. The molecule has 0 fully saturated rings. The molecular formula is C18H14N6O2. The number of carbonyl (C=O) groups is 1. The Balaban J connectivity index is 1.52. The summed E-state index contributed by atoms with van der Waals surface area (Å²) in [6, 6.07) is 13.9. The summed E-state index contributed by atoms with van der Waals surface area (Å²) in [6.07, 6.45) is 6.61. The first-order valence-corrected chi connectivity index (χ1v) is 7.85. The second-order valence-electron chi connectivity index (χ2n) is 5.47. The second kappa shape index (κ2) is 6.52. The Morgan fingerprint density at radius 2 is 1.88 bits per heavy atom. The largest absolute Gasteiger partial charge is 0.330 e. The molecule has 0 radical (unpaired) electrons. The Morgan fingerprint density at radius 1 is 1.04 bits per heavy atom. The fraction of sp³-hybridized carbons (Fsp3) is 0. The highest BCUT2D eigenvalue weighted by Gasteiger charge is 2.10. The maximum absolute atomic E-state index is 12.4. The molecule has 0 aliphatic rings. The maximum Gasteiger partial charge on any atom is 0.330 e. The first-order chi connectivity index (χ1) is 12.7. The number of nitrogens with zero attached hydrogens (tertiary/aromatic N) is 4. The first-order valence-electron chi connectivity index (χ1n) is 7.85. The van der Waals surface area contributed by atoms with Crippen LogP contribution in [0, 0.1) is 0 Å². The van der Waals surface area contributed by atoms with E-state index < -0.39 is 0 Å². The lowest BCUT2D eigenvalue weighted by molar-refractivity contribution is 0.102. The molecule has 0 bridgehead atoms. The fourth-order valence-corrected chi connectivity index (χ4v) is 2.51. The number of amides is 1. The molecule has 8 nitrogen and oxygen atoms in total. The van der Waals surface area contributed by atoms with Crippen molar-refractivity contribution in [3.63, 3.8) is 0 Å². The Labute approximate surface area is 147 Å². The summed E-state index contributed by atoms with van der Waals surface area (Å²) < 4.78 is 3.06. The first kappa shape index (κ1) is 15.6. The van der Waals surface area contributed by atoms with Gasteiger partial charge in [-0.15, -0.1) is 0 Å². The number of H-pyrrole nitrogens is 1. The average molecular weight is 346 g/mol. The van der Waals surface area contributed by atoms with Crippen molar-refractivity contribution in [3.8, 4) is 11.5 Å². The third-order valence-corrected chi connectivity index (χ3v) is 3.76. The van der Waals surface area contributed by atoms with Gasteiger partial charge in [-0.2, -0.15) is 5.10 Å². The molecule has 1 aromatic carbocycles.